The van der Waals surface area contributed by atoms with E-state index in [0.717, 1.165) is 16.3 Å². The van der Waals surface area contributed by atoms with E-state index in [0.29, 0.717) is 11.1 Å². The van der Waals surface area contributed by atoms with E-state index >= 15 is 0 Å². The number of nitrogens with zero attached hydrogens (tertiary/aromatic N) is 2. The van der Waals surface area contributed by atoms with Gasteiger partial charge in [-0.2, -0.15) is 10.5 Å². The van der Waals surface area contributed by atoms with Crippen LogP contribution in [0.2, 0.25) is 0 Å². The van der Waals surface area contributed by atoms with Crippen LogP contribution in [0.3, 0.4) is 0 Å². The van der Waals surface area contributed by atoms with Crippen molar-refractivity contribution in [2.45, 2.75) is 6.92 Å². The summed E-state index contributed by atoms with van der Waals surface area (Å²) >= 11 is 0. The molecule has 0 N–H and O–H groups in total. The molecule has 0 aliphatic carbocycles. The Morgan fingerprint density at radius 2 is 1.53 bits per heavy atom. The van der Waals surface area contributed by atoms with Gasteiger partial charge in [-0.05, 0) is 29.3 Å². The van der Waals surface area contributed by atoms with E-state index in [1.807, 2.05) is 31.2 Å². The fourth-order valence-electron chi connectivity index (χ4n) is 1.73. The van der Waals surface area contributed by atoms with E-state index < -0.39 is 0 Å². The minimum Gasteiger partial charge on any atom is -0.192 e. The first-order valence-corrected chi connectivity index (χ1v) is 4.60. The average Bonchev–Trinajstić information content (AvgIpc) is 2.30. The summed E-state index contributed by atoms with van der Waals surface area (Å²) in [6, 6.07) is 13.5. The third-order valence-corrected chi connectivity index (χ3v) is 2.55. The number of rotatable bonds is 0. The molecule has 2 heteroatoms. The summed E-state index contributed by atoms with van der Waals surface area (Å²) in [6.07, 6.45) is 0. The van der Waals surface area contributed by atoms with Gasteiger partial charge in [-0.1, -0.05) is 24.3 Å². The second-order valence-corrected chi connectivity index (χ2v) is 3.37. The van der Waals surface area contributed by atoms with Crippen molar-refractivity contribution in [2.24, 2.45) is 0 Å². The van der Waals surface area contributed by atoms with Crippen LogP contribution in [-0.4, -0.2) is 0 Å². The third kappa shape index (κ3) is 1.33. The molecular formula is C13H8N2. The lowest BCUT2D eigenvalue weighted by Gasteiger charge is -2.05. The summed E-state index contributed by atoms with van der Waals surface area (Å²) in [5, 5.41) is 19.8. The fourth-order valence-corrected chi connectivity index (χ4v) is 1.73. The van der Waals surface area contributed by atoms with Gasteiger partial charge in [0.2, 0.25) is 0 Å². The third-order valence-electron chi connectivity index (χ3n) is 2.55. The van der Waals surface area contributed by atoms with Crippen LogP contribution in [0, 0.1) is 29.6 Å². The molecule has 2 rings (SSSR count). The predicted octanol–water partition coefficient (Wildman–Crippen LogP) is 2.89. The summed E-state index contributed by atoms with van der Waals surface area (Å²) in [5.74, 6) is 0. The highest BCUT2D eigenvalue weighted by Crippen LogP contribution is 2.24. The van der Waals surface area contributed by atoms with Gasteiger partial charge in [-0.3, -0.25) is 0 Å². The van der Waals surface area contributed by atoms with Gasteiger partial charge in [0.15, 0.2) is 0 Å². The van der Waals surface area contributed by atoms with Gasteiger partial charge in [0.1, 0.15) is 0 Å². The molecule has 0 saturated heterocycles. The van der Waals surface area contributed by atoms with Crippen LogP contribution in [0.15, 0.2) is 30.3 Å². The Morgan fingerprint density at radius 3 is 2.13 bits per heavy atom. The molecule has 0 fully saturated rings. The van der Waals surface area contributed by atoms with E-state index in [4.69, 9.17) is 10.5 Å². The number of hydrogen-bond acceptors (Lipinski definition) is 2. The fraction of sp³-hybridized carbons (Fsp3) is 0.0769. The van der Waals surface area contributed by atoms with Gasteiger partial charge >= 0.3 is 0 Å². The van der Waals surface area contributed by atoms with Gasteiger partial charge in [0.05, 0.1) is 23.3 Å². The molecule has 70 valence electrons. The average molecular weight is 192 g/mol. The highest BCUT2D eigenvalue weighted by Gasteiger charge is 2.07. The molecule has 0 aromatic heterocycles. The van der Waals surface area contributed by atoms with Crippen LogP contribution in [0.4, 0.5) is 0 Å². The van der Waals surface area contributed by atoms with Crippen LogP contribution < -0.4 is 0 Å². The first kappa shape index (κ1) is 9.24. The summed E-state index contributed by atoms with van der Waals surface area (Å²) in [7, 11) is 0. The first-order valence-electron chi connectivity index (χ1n) is 4.60. The molecule has 0 bridgehead atoms. The molecule has 0 amide bonds. The van der Waals surface area contributed by atoms with Crippen molar-refractivity contribution in [3.8, 4) is 12.1 Å². The van der Waals surface area contributed by atoms with Gasteiger partial charge in [-0.25, -0.2) is 0 Å². The van der Waals surface area contributed by atoms with Crippen molar-refractivity contribution in [1.82, 2.24) is 0 Å². The van der Waals surface area contributed by atoms with E-state index in [1.54, 1.807) is 6.07 Å². The minimum absolute atomic E-state index is 0.563. The van der Waals surface area contributed by atoms with Crippen LogP contribution in [0.1, 0.15) is 16.7 Å². The van der Waals surface area contributed by atoms with E-state index in [-0.39, 0.29) is 0 Å². The van der Waals surface area contributed by atoms with Crippen molar-refractivity contribution in [1.29, 1.82) is 10.5 Å². The summed E-state index contributed by atoms with van der Waals surface area (Å²) in [5.41, 5.74) is 2.07. The maximum atomic E-state index is 8.99. The quantitative estimate of drug-likeness (QED) is 0.644. The monoisotopic (exact) mass is 192 g/mol. The van der Waals surface area contributed by atoms with E-state index in [2.05, 4.69) is 12.1 Å². The number of hydrogen-bond donors (Lipinski definition) is 0. The number of fused-ring (bicyclic) bond motifs is 1. The Hall–Kier alpha value is -2.32. The Balaban J connectivity index is 3.00. The maximum absolute atomic E-state index is 8.99. The summed E-state index contributed by atoms with van der Waals surface area (Å²) in [4.78, 5) is 0. The second kappa shape index (κ2) is 3.44. The largest absolute Gasteiger partial charge is 0.192 e. The zero-order valence-electron chi connectivity index (χ0n) is 8.28. The van der Waals surface area contributed by atoms with Crippen molar-refractivity contribution in [3.63, 3.8) is 0 Å². The minimum atomic E-state index is 0.563. The Morgan fingerprint density at radius 1 is 0.933 bits per heavy atom. The zero-order valence-corrected chi connectivity index (χ0v) is 8.28. The molecule has 0 atom stereocenters. The predicted molar refractivity (Wildman–Crippen MR) is 58.1 cm³/mol. The maximum Gasteiger partial charge on any atom is 0.0998 e. The molecule has 0 aliphatic rings. The van der Waals surface area contributed by atoms with Gasteiger partial charge in [-0.15, -0.1) is 0 Å². The Labute approximate surface area is 88.0 Å². The molecule has 0 radical (unpaired) electrons. The van der Waals surface area contributed by atoms with Crippen LogP contribution in [0.5, 0.6) is 0 Å². The lowest BCUT2D eigenvalue weighted by Crippen LogP contribution is -1.88. The normalized spacial score (nSPS) is 9.53. The Bertz CT molecular complexity index is 613. The molecule has 2 aromatic carbocycles. The molecule has 0 spiro atoms. The molecule has 2 aromatic rings. The van der Waals surface area contributed by atoms with Crippen LogP contribution in [-0.2, 0) is 0 Å². The van der Waals surface area contributed by atoms with Crippen molar-refractivity contribution >= 4 is 10.8 Å². The van der Waals surface area contributed by atoms with E-state index in [1.165, 1.54) is 0 Å². The SMILES string of the molecule is Cc1c(C#N)cc(C#N)c2ccccc12. The summed E-state index contributed by atoms with van der Waals surface area (Å²) in [6.45, 7) is 1.90. The second-order valence-electron chi connectivity index (χ2n) is 3.37. The van der Waals surface area contributed by atoms with Gasteiger partial charge < -0.3 is 0 Å². The van der Waals surface area contributed by atoms with Gasteiger partial charge in [0, 0.05) is 0 Å². The topological polar surface area (TPSA) is 47.6 Å². The molecule has 0 unspecified atom stereocenters. The number of nitriles is 2. The molecule has 2 nitrogen and oxygen atoms in total. The zero-order chi connectivity index (χ0) is 10.8. The standard InChI is InChI=1S/C13H8N2/c1-9-10(7-14)6-11(8-15)13-5-3-2-4-12(9)13/h2-6H,1H3. The molecular weight excluding hydrogens is 184 g/mol. The molecule has 15 heavy (non-hydrogen) atoms. The lowest BCUT2D eigenvalue weighted by molar-refractivity contribution is 1.41. The summed E-state index contributed by atoms with van der Waals surface area (Å²) < 4.78 is 0. The first-order chi connectivity index (χ1) is 7.27. The van der Waals surface area contributed by atoms with Crippen LogP contribution >= 0.6 is 0 Å². The highest BCUT2D eigenvalue weighted by atomic mass is 14.3. The number of benzene rings is 2. The lowest BCUT2D eigenvalue weighted by atomic mass is 9.96. The molecule has 0 saturated carbocycles. The highest BCUT2D eigenvalue weighted by molar-refractivity contribution is 5.92. The van der Waals surface area contributed by atoms with Crippen molar-refractivity contribution < 1.29 is 0 Å². The molecule has 0 aliphatic heterocycles. The number of aryl methyl sites for hydroxylation is 1. The van der Waals surface area contributed by atoms with Crippen LogP contribution in [0.25, 0.3) is 10.8 Å². The molecule has 0 heterocycles. The van der Waals surface area contributed by atoms with Gasteiger partial charge in [0.25, 0.3) is 0 Å². The smallest absolute Gasteiger partial charge is 0.0998 e. The Kier molecular flexibility index (Phi) is 2.12. The van der Waals surface area contributed by atoms with Crippen molar-refractivity contribution in [2.75, 3.05) is 0 Å². The van der Waals surface area contributed by atoms with E-state index in [9.17, 15) is 0 Å². The van der Waals surface area contributed by atoms with Crippen molar-refractivity contribution in [3.05, 3.63) is 47.0 Å².